The lowest BCUT2D eigenvalue weighted by atomic mass is 9.76. The van der Waals surface area contributed by atoms with Crippen LogP contribution in [0.2, 0.25) is 0 Å². The van der Waals surface area contributed by atoms with Crippen molar-refractivity contribution in [3.63, 3.8) is 0 Å². The minimum atomic E-state index is -0.239. The molecule has 1 fully saturated rings. The van der Waals surface area contributed by atoms with Crippen LogP contribution in [0.15, 0.2) is 18.5 Å². The van der Waals surface area contributed by atoms with E-state index in [1.165, 1.54) is 0 Å². The molecule has 4 nitrogen and oxygen atoms in total. The molecule has 104 valence electrons. The van der Waals surface area contributed by atoms with Crippen molar-refractivity contribution < 1.29 is 14.3 Å². The van der Waals surface area contributed by atoms with Gasteiger partial charge in [0.2, 0.25) is 0 Å². The molecular formula is C15H21NO3. The summed E-state index contributed by atoms with van der Waals surface area (Å²) in [4.78, 5) is 16.3. The highest BCUT2D eigenvalue weighted by molar-refractivity contribution is 5.96. The van der Waals surface area contributed by atoms with Gasteiger partial charge in [-0.2, -0.15) is 0 Å². The lowest BCUT2D eigenvalue weighted by Crippen LogP contribution is -2.41. The predicted octanol–water partition coefficient (Wildman–Crippen LogP) is 3.01. The van der Waals surface area contributed by atoms with E-state index in [1.54, 1.807) is 25.6 Å². The molecule has 1 aromatic rings. The Balaban J connectivity index is 2.02. The number of carbonyl (C=O) groups excluding carboxylic acids is 1. The zero-order chi connectivity index (χ0) is 13.7. The number of ketones is 1. The Morgan fingerprint density at radius 1 is 1.42 bits per heavy atom. The highest BCUT2D eigenvalue weighted by atomic mass is 16.5. The third-order valence-corrected chi connectivity index (χ3v) is 3.69. The maximum absolute atomic E-state index is 12.3. The van der Waals surface area contributed by atoms with Gasteiger partial charge in [0.05, 0.1) is 18.4 Å². The first kappa shape index (κ1) is 14.0. The molecule has 2 rings (SSSR count). The fourth-order valence-electron chi connectivity index (χ4n) is 2.29. The molecule has 19 heavy (non-hydrogen) atoms. The fourth-order valence-corrected chi connectivity index (χ4v) is 2.29. The lowest BCUT2D eigenvalue weighted by molar-refractivity contribution is -0.0704. The molecule has 0 aliphatic heterocycles. The Morgan fingerprint density at radius 3 is 2.79 bits per heavy atom. The normalized spacial score (nSPS) is 16.7. The van der Waals surface area contributed by atoms with Crippen molar-refractivity contribution in [1.82, 2.24) is 4.98 Å². The first-order valence-corrected chi connectivity index (χ1v) is 6.85. The van der Waals surface area contributed by atoms with E-state index in [0.29, 0.717) is 24.3 Å². The Kier molecular flexibility index (Phi) is 4.53. The van der Waals surface area contributed by atoms with E-state index in [1.807, 2.05) is 6.92 Å². The fraction of sp³-hybridized carbons (Fsp3) is 0.600. The number of ether oxygens (including phenoxy) is 2. The van der Waals surface area contributed by atoms with Gasteiger partial charge in [-0.3, -0.25) is 9.78 Å². The molecule has 1 aliphatic rings. The monoisotopic (exact) mass is 263 g/mol. The molecule has 0 unspecified atom stereocenters. The maximum Gasteiger partial charge on any atom is 0.167 e. The number of hydrogen-bond acceptors (Lipinski definition) is 4. The van der Waals surface area contributed by atoms with E-state index in [4.69, 9.17) is 9.47 Å². The molecule has 0 amide bonds. The quantitative estimate of drug-likeness (QED) is 0.709. The van der Waals surface area contributed by atoms with Crippen LogP contribution < -0.4 is 4.74 Å². The Bertz CT molecular complexity index is 435. The summed E-state index contributed by atoms with van der Waals surface area (Å²) in [5.41, 5.74) is 0.370. The van der Waals surface area contributed by atoms with Crippen LogP contribution in [-0.2, 0) is 4.74 Å². The minimum absolute atomic E-state index is 0.0796. The van der Waals surface area contributed by atoms with Gasteiger partial charge in [0.25, 0.3) is 0 Å². The summed E-state index contributed by atoms with van der Waals surface area (Å²) in [6.07, 6.45) is 7.68. The zero-order valence-electron chi connectivity index (χ0n) is 11.6. The van der Waals surface area contributed by atoms with Gasteiger partial charge < -0.3 is 9.47 Å². The highest BCUT2D eigenvalue weighted by Crippen LogP contribution is 2.38. The third kappa shape index (κ3) is 3.32. The van der Waals surface area contributed by atoms with Crippen LogP contribution in [0.4, 0.5) is 0 Å². The molecule has 1 aliphatic carbocycles. The molecule has 1 aromatic heterocycles. The summed E-state index contributed by atoms with van der Waals surface area (Å²) < 4.78 is 11.0. The second-order valence-electron chi connectivity index (χ2n) is 5.10. The topological polar surface area (TPSA) is 48.4 Å². The summed E-state index contributed by atoms with van der Waals surface area (Å²) in [6, 6.07) is 1.77. The number of rotatable bonds is 7. The van der Waals surface area contributed by atoms with Crippen molar-refractivity contribution in [2.45, 2.75) is 44.6 Å². The van der Waals surface area contributed by atoms with Crippen LogP contribution in [0.1, 0.15) is 49.4 Å². The molecule has 0 aromatic carbocycles. The molecule has 0 spiro atoms. The van der Waals surface area contributed by atoms with Crippen molar-refractivity contribution in [2.75, 3.05) is 13.7 Å². The van der Waals surface area contributed by atoms with Gasteiger partial charge in [0.15, 0.2) is 5.78 Å². The molecule has 1 saturated carbocycles. The summed E-state index contributed by atoms with van der Waals surface area (Å²) >= 11 is 0. The average Bonchev–Trinajstić information content (AvgIpc) is 2.40. The van der Waals surface area contributed by atoms with Crippen LogP contribution in [0.3, 0.4) is 0 Å². The van der Waals surface area contributed by atoms with Gasteiger partial charge in [-0.15, -0.1) is 0 Å². The van der Waals surface area contributed by atoms with Crippen molar-refractivity contribution in [3.8, 4) is 5.75 Å². The van der Waals surface area contributed by atoms with E-state index in [9.17, 15) is 4.79 Å². The standard InChI is InChI=1S/C15H21NO3/c1-3-7-19-13-8-12(10-16-11-13)14(17)9-15(18-2)5-4-6-15/h8,10-11H,3-7,9H2,1-2H3. The van der Waals surface area contributed by atoms with Crippen LogP contribution in [0, 0.1) is 0 Å². The Hall–Kier alpha value is -1.42. The third-order valence-electron chi connectivity index (χ3n) is 3.69. The Labute approximate surface area is 114 Å². The lowest BCUT2D eigenvalue weighted by Gasteiger charge is -2.40. The summed E-state index contributed by atoms with van der Waals surface area (Å²) in [6.45, 7) is 2.68. The minimum Gasteiger partial charge on any atom is -0.492 e. The molecular weight excluding hydrogens is 242 g/mol. The summed E-state index contributed by atoms with van der Waals surface area (Å²) in [7, 11) is 1.69. The first-order valence-electron chi connectivity index (χ1n) is 6.85. The molecule has 1 heterocycles. The number of Topliss-reactive ketones (excluding diaryl/α,β-unsaturated/α-hetero) is 1. The number of carbonyl (C=O) groups is 1. The second kappa shape index (κ2) is 6.15. The molecule has 4 heteroatoms. The van der Waals surface area contributed by atoms with E-state index in [2.05, 4.69) is 4.98 Å². The molecule has 0 atom stereocenters. The van der Waals surface area contributed by atoms with Crippen LogP contribution >= 0.6 is 0 Å². The molecule has 0 bridgehead atoms. The zero-order valence-corrected chi connectivity index (χ0v) is 11.6. The number of aromatic nitrogens is 1. The van der Waals surface area contributed by atoms with Crippen molar-refractivity contribution in [1.29, 1.82) is 0 Å². The number of nitrogens with zero attached hydrogens (tertiary/aromatic N) is 1. The van der Waals surface area contributed by atoms with Gasteiger partial charge in [0.1, 0.15) is 5.75 Å². The van der Waals surface area contributed by atoms with Gasteiger partial charge >= 0.3 is 0 Å². The van der Waals surface area contributed by atoms with Crippen molar-refractivity contribution in [2.24, 2.45) is 0 Å². The van der Waals surface area contributed by atoms with Crippen LogP contribution in [0.25, 0.3) is 0 Å². The Morgan fingerprint density at radius 2 is 2.21 bits per heavy atom. The SMILES string of the molecule is CCCOc1cncc(C(=O)CC2(OC)CCC2)c1. The van der Waals surface area contributed by atoms with Gasteiger partial charge in [-0.05, 0) is 31.7 Å². The smallest absolute Gasteiger partial charge is 0.167 e. The van der Waals surface area contributed by atoms with E-state index >= 15 is 0 Å². The molecule has 0 saturated heterocycles. The number of hydrogen-bond donors (Lipinski definition) is 0. The maximum atomic E-state index is 12.3. The van der Waals surface area contributed by atoms with E-state index in [0.717, 1.165) is 25.7 Å². The van der Waals surface area contributed by atoms with E-state index < -0.39 is 0 Å². The first-order chi connectivity index (χ1) is 9.19. The van der Waals surface area contributed by atoms with Gasteiger partial charge in [-0.1, -0.05) is 6.92 Å². The average molecular weight is 263 g/mol. The molecule has 0 radical (unpaired) electrons. The van der Waals surface area contributed by atoms with Crippen LogP contribution in [0.5, 0.6) is 5.75 Å². The second-order valence-corrected chi connectivity index (χ2v) is 5.10. The predicted molar refractivity (Wildman–Crippen MR) is 72.6 cm³/mol. The van der Waals surface area contributed by atoms with Gasteiger partial charge in [-0.25, -0.2) is 0 Å². The van der Waals surface area contributed by atoms with Crippen molar-refractivity contribution >= 4 is 5.78 Å². The van der Waals surface area contributed by atoms with Crippen molar-refractivity contribution in [3.05, 3.63) is 24.0 Å². The van der Waals surface area contributed by atoms with Gasteiger partial charge in [0, 0.05) is 25.3 Å². The van der Waals surface area contributed by atoms with E-state index in [-0.39, 0.29) is 11.4 Å². The molecule has 0 N–H and O–H groups in total. The summed E-state index contributed by atoms with van der Waals surface area (Å²) in [5, 5.41) is 0. The number of pyridine rings is 1. The largest absolute Gasteiger partial charge is 0.492 e. The highest BCUT2D eigenvalue weighted by Gasteiger charge is 2.39. The van der Waals surface area contributed by atoms with Crippen LogP contribution in [-0.4, -0.2) is 30.1 Å². The number of methoxy groups -OCH3 is 1. The summed E-state index contributed by atoms with van der Waals surface area (Å²) in [5.74, 6) is 0.740.